The number of aromatic amines is 1. The number of carbonyl (C=O) groups is 2. The Balaban J connectivity index is 1.95. The predicted molar refractivity (Wildman–Crippen MR) is 93.6 cm³/mol. The topological polar surface area (TPSA) is 118 Å². The minimum absolute atomic E-state index is 0.0173. The predicted octanol–water partition coefficient (Wildman–Crippen LogP) is 0.855. The summed E-state index contributed by atoms with van der Waals surface area (Å²) < 4.78 is 7.02. The van der Waals surface area contributed by atoms with Gasteiger partial charge < -0.3 is 10.1 Å². The van der Waals surface area contributed by atoms with Crippen molar-refractivity contribution in [3.05, 3.63) is 10.5 Å². The Bertz CT molecular complexity index is 672. The molecule has 3 N–H and O–H groups in total. The van der Waals surface area contributed by atoms with Crippen LogP contribution in [0.4, 0.5) is 4.79 Å². The third kappa shape index (κ3) is 5.89. The highest BCUT2D eigenvalue weighted by atomic mass is 32.2. The van der Waals surface area contributed by atoms with Gasteiger partial charge in [-0.2, -0.15) is 0 Å². The Hall–Kier alpha value is -1.81. The molecule has 1 aromatic rings. The molecule has 2 rings (SSSR count). The van der Waals surface area contributed by atoms with Crippen LogP contribution >= 0.6 is 11.8 Å². The van der Waals surface area contributed by atoms with Crippen LogP contribution in [0.3, 0.4) is 0 Å². The van der Waals surface area contributed by atoms with Crippen molar-refractivity contribution in [2.75, 3.05) is 6.61 Å². The first kappa shape index (κ1) is 19.5. The van der Waals surface area contributed by atoms with E-state index in [9.17, 15) is 14.4 Å². The van der Waals surface area contributed by atoms with Crippen molar-refractivity contribution in [2.24, 2.45) is 0 Å². The largest absolute Gasteiger partial charge is 0.376 e. The maximum Gasteiger partial charge on any atom is 0.344 e. The van der Waals surface area contributed by atoms with Crippen molar-refractivity contribution in [2.45, 2.75) is 69.1 Å². The van der Waals surface area contributed by atoms with Crippen LogP contribution in [0, 0.1) is 0 Å². The summed E-state index contributed by atoms with van der Waals surface area (Å²) in [6, 6.07) is -0.552. The standard InChI is InChI=1S/C15H25N5O4S/c1-9(11(21)16-12(22)17-15(2,3)4)25-14-19-18-13(23)20(14)8-10-6-5-7-24-10/h9-10H,5-8H2,1-4H3,(H,18,23)(H2,16,17,21,22)/t9-,10+/m1/s1. The molecule has 0 saturated carbocycles. The van der Waals surface area contributed by atoms with Gasteiger partial charge in [0.2, 0.25) is 5.91 Å². The molecule has 10 heteroatoms. The summed E-state index contributed by atoms with van der Waals surface area (Å²) in [4.78, 5) is 35.9. The van der Waals surface area contributed by atoms with E-state index in [-0.39, 0.29) is 11.8 Å². The number of carbonyl (C=O) groups excluding carboxylic acids is 2. The molecule has 1 aliphatic rings. The zero-order chi connectivity index (χ0) is 18.6. The fourth-order valence-electron chi connectivity index (χ4n) is 2.34. The molecule has 0 aromatic carbocycles. The quantitative estimate of drug-likeness (QED) is 0.661. The number of urea groups is 1. The number of thioether (sulfide) groups is 1. The normalized spacial score (nSPS) is 18.8. The van der Waals surface area contributed by atoms with Crippen LogP contribution in [0.2, 0.25) is 0 Å². The van der Waals surface area contributed by atoms with Gasteiger partial charge in [-0.05, 0) is 40.5 Å². The molecule has 0 radical (unpaired) electrons. The van der Waals surface area contributed by atoms with Crippen molar-refractivity contribution in [3.8, 4) is 0 Å². The lowest BCUT2D eigenvalue weighted by atomic mass is 10.1. The lowest BCUT2D eigenvalue weighted by Gasteiger charge is -2.21. The first-order chi connectivity index (χ1) is 11.7. The SMILES string of the molecule is C[C@@H](Sc1n[nH]c(=O)n1C[C@@H]1CCCO1)C(=O)NC(=O)NC(C)(C)C. The number of aromatic nitrogens is 3. The molecule has 1 aliphatic heterocycles. The van der Waals surface area contributed by atoms with Crippen LogP contribution in [0.15, 0.2) is 9.95 Å². The molecule has 0 unspecified atom stereocenters. The van der Waals surface area contributed by atoms with Gasteiger partial charge >= 0.3 is 11.7 Å². The van der Waals surface area contributed by atoms with Crippen LogP contribution in [-0.4, -0.2) is 50.2 Å². The smallest absolute Gasteiger partial charge is 0.344 e. The number of amides is 3. The maximum atomic E-state index is 12.2. The van der Waals surface area contributed by atoms with Crippen LogP contribution in [0.1, 0.15) is 40.5 Å². The van der Waals surface area contributed by atoms with Crippen molar-refractivity contribution in [1.82, 2.24) is 25.4 Å². The van der Waals surface area contributed by atoms with Crippen LogP contribution in [0.5, 0.6) is 0 Å². The Kier molecular flexibility index (Phi) is 6.28. The number of H-pyrrole nitrogens is 1. The number of hydrogen-bond acceptors (Lipinski definition) is 6. The van der Waals surface area contributed by atoms with Gasteiger partial charge in [0.25, 0.3) is 0 Å². The zero-order valence-corrected chi connectivity index (χ0v) is 15.7. The Morgan fingerprint density at radius 3 is 2.80 bits per heavy atom. The third-order valence-electron chi connectivity index (χ3n) is 3.51. The molecule has 2 heterocycles. The average Bonchev–Trinajstić information content (AvgIpc) is 3.10. The fourth-order valence-corrected chi connectivity index (χ4v) is 3.21. The van der Waals surface area contributed by atoms with Crippen molar-refractivity contribution < 1.29 is 14.3 Å². The maximum absolute atomic E-state index is 12.2. The van der Waals surface area contributed by atoms with Crippen molar-refractivity contribution in [1.29, 1.82) is 0 Å². The molecule has 25 heavy (non-hydrogen) atoms. The van der Waals surface area contributed by atoms with E-state index in [1.165, 1.54) is 4.57 Å². The summed E-state index contributed by atoms with van der Waals surface area (Å²) >= 11 is 1.12. The van der Waals surface area contributed by atoms with E-state index in [0.29, 0.717) is 18.3 Å². The van der Waals surface area contributed by atoms with Gasteiger partial charge in [-0.15, -0.1) is 5.10 Å². The molecule has 3 amide bonds. The van der Waals surface area contributed by atoms with Crippen LogP contribution in [-0.2, 0) is 16.1 Å². The van der Waals surface area contributed by atoms with Gasteiger partial charge in [-0.3, -0.25) is 14.7 Å². The first-order valence-corrected chi connectivity index (χ1v) is 9.10. The second-order valence-electron chi connectivity index (χ2n) is 7.01. The first-order valence-electron chi connectivity index (χ1n) is 8.22. The van der Waals surface area contributed by atoms with Gasteiger partial charge in [-0.25, -0.2) is 14.7 Å². The number of ether oxygens (including phenoxy) is 1. The number of nitrogens with zero attached hydrogens (tertiary/aromatic N) is 2. The van der Waals surface area contributed by atoms with E-state index in [0.717, 1.165) is 24.6 Å². The zero-order valence-electron chi connectivity index (χ0n) is 14.9. The number of rotatable bonds is 5. The van der Waals surface area contributed by atoms with Crippen molar-refractivity contribution >= 4 is 23.7 Å². The molecule has 0 spiro atoms. The molecule has 1 aromatic heterocycles. The summed E-state index contributed by atoms with van der Waals surface area (Å²) in [7, 11) is 0. The van der Waals surface area contributed by atoms with Gasteiger partial charge in [0.15, 0.2) is 5.16 Å². The van der Waals surface area contributed by atoms with E-state index in [1.54, 1.807) is 6.92 Å². The Morgan fingerprint density at radius 2 is 2.20 bits per heavy atom. The molecular formula is C15H25N5O4S. The van der Waals surface area contributed by atoms with Gasteiger partial charge in [0.05, 0.1) is 17.9 Å². The van der Waals surface area contributed by atoms with E-state index < -0.39 is 22.7 Å². The molecule has 1 saturated heterocycles. The van der Waals surface area contributed by atoms with E-state index in [4.69, 9.17) is 4.74 Å². The summed E-state index contributed by atoms with van der Waals surface area (Å²) in [5, 5.41) is 11.1. The summed E-state index contributed by atoms with van der Waals surface area (Å²) in [5.74, 6) is -0.453. The Labute approximate surface area is 150 Å². The number of hydrogen-bond donors (Lipinski definition) is 3. The van der Waals surface area contributed by atoms with Gasteiger partial charge in [0, 0.05) is 12.1 Å². The van der Waals surface area contributed by atoms with Gasteiger partial charge in [0.1, 0.15) is 0 Å². The lowest BCUT2D eigenvalue weighted by molar-refractivity contribution is -0.119. The van der Waals surface area contributed by atoms with E-state index in [1.807, 2.05) is 20.8 Å². The summed E-state index contributed by atoms with van der Waals surface area (Å²) in [6.07, 6.45) is 1.85. The number of nitrogens with one attached hydrogen (secondary N) is 3. The summed E-state index contributed by atoms with van der Waals surface area (Å²) in [5.41, 5.74) is -0.777. The third-order valence-corrected chi connectivity index (χ3v) is 4.60. The van der Waals surface area contributed by atoms with Gasteiger partial charge in [-0.1, -0.05) is 11.8 Å². The second-order valence-corrected chi connectivity index (χ2v) is 8.32. The van der Waals surface area contributed by atoms with Crippen LogP contribution < -0.4 is 16.3 Å². The molecule has 2 atom stereocenters. The summed E-state index contributed by atoms with van der Waals surface area (Å²) in [6.45, 7) is 8.21. The minimum atomic E-state index is -0.593. The Morgan fingerprint density at radius 1 is 1.48 bits per heavy atom. The molecule has 9 nitrogen and oxygen atoms in total. The van der Waals surface area contributed by atoms with E-state index >= 15 is 0 Å². The van der Waals surface area contributed by atoms with Crippen LogP contribution in [0.25, 0.3) is 0 Å². The highest BCUT2D eigenvalue weighted by Crippen LogP contribution is 2.22. The molecule has 1 fully saturated rings. The molecule has 140 valence electrons. The highest BCUT2D eigenvalue weighted by Gasteiger charge is 2.24. The van der Waals surface area contributed by atoms with Crippen molar-refractivity contribution in [3.63, 3.8) is 0 Å². The number of imide groups is 1. The highest BCUT2D eigenvalue weighted by molar-refractivity contribution is 8.00. The lowest BCUT2D eigenvalue weighted by Crippen LogP contribution is -2.49. The fraction of sp³-hybridized carbons (Fsp3) is 0.733. The average molecular weight is 371 g/mol. The van der Waals surface area contributed by atoms with E-state index in [2.05, 4.69) is 20.8 Å². The monoisotopic (exact) mass is 371 g/mol. The molecule has 0 bridgehead atoms. The second kappa shape index (κ2) is 8.05. The molecule has 0 aliphatic carbocycles. The molecular weight excluding hydrogens is 346 g/mol. The minimum Gasteiger partial charge on any atom is -0.376 e.